The van der Waals surface area contributed by atoms with Crippen LogP contribution in [0.3, 0.4) is 0 Å². The van der Waals surface area contributed by atoms with Crippen LogP contribution in [0.5, 0.6) is 5.88 Å². The summed E-state index contributed by atoms with van der Waals surface area (Å²) in [6.45, 7) is 3.14. The van der Waals surface area contributed by atoms with Crippen LogP contribution in [0.4, 0.5) is 10.6 Å². The Bertz CT molecular complexity index is 602. The molecule has 8 heteroatoms. The van der Waals surface area contributed by atoms with Crippen LogP contribution in [0.25, 0.3) is 0 Å². The third-order valence-corrected chi connectivity index (χ3v) is 5.39. The molecule has 0 unspecified atom stereocenters. The fourth-order valence-corrected chi connectivity index (χ4v) is 3.69. The third kappa shape index (κ3) is 3.78. The number of ether oxygens (including phenoxy) is 2. The summed E-state index contributed by atoms with van der Waals surface area (Å²) in [5.74, 6) is 1.47. The summed E-state index contributed by atoms with van der Waals surface area (Å²) < 4.78 is 10.8. The summed E-state index contributed by atoms with van der Waals surface area (Å²) in [4.78, 5) is 24.4. The highest BCUT2D eigenvalue weighted by molar-refractivity contribution is 5.74. The number of methoxy groups -OCH3 is 1. The molecule has 8 nitrogen and oxygen atoms in total. The van der Waals surface area contributed by atoms with Gasteiger partial charge in [0.15, 0.2) is 0 Å². The first-order valence-corrected chi connectivity index (χ1v) is 8.71. The molecule has 1 aromatic rings. The molecule has 3 rings (SSSR count). The number of hydrogen-bond acceptors (Lipinski definition) is 6. The van der Waals surface area contributed by atoms with E-state index in [0.717, 1.165) is 44.8 Å². The van der Waals surface area contributed by atoms with Crippen molar-refractivity contribution in [1.29, 1.82) is 0 Å². The number of aromatic nitrogens is 2. The second-order valence-corrected chi connectivity index (χ2v) is 6.99. The van der Waals surface area contributed by atoms with Crippen molar-refractivity contribution >= 4 is 11.8 Å². The first-order valence-electron chi connectivity index (χ1n) is 8.71. The zero-order valence-corrected chi connectivity index (χ0v) is 15.2. The van der Waals surface area contributed by atoms with Crippen LogP contribution >= 0.6 is 0 Å². The number of amides is 2. The Hall–Kier alpha value is -2.09. The zero-order chi connectivity index (χ0) is 17.9. The Kier molecular flexibility index (Phi) is 5.27. The van der Waals surface area contributed by atoms with Crippen molar-refractivity contribution in [1.82, 2.24) is 20.2 Å². The lowest BCUT2D eigenvalue weighted by atomic mass is 9.69. The van der Waals surface area contributed by atoms with E-state index < -0.39 is 0 Å². The number of urea groups is 1. The van der Waals surface area contributed by atoms with Crippen LogP contribution in [-0.2, 0) is 4.74 Å². The Morgan fingerprint density at radius 1 is 1.36 bits per heavy atom. The van der Waals surface area contributed by atoms with Crippen molar-refractivity contribution in [3.8, 4) is 5.88 Å². The standard InChI is InChI=1S/C17H27N5O3/c1-21(2)16(23)20-13-11-25-9-6-17(13)4-7-22(8-5-17)14-10-15(24-3)19-12-18-14/h10,12-13H,4-9,11H2,1-3H3,(H,20,23)/t13-/m1/s1. The summed E-state index contributed by atoms with van der Waals surface area (Å²) in [6, 6.07) is 1.86. The zero-order valence-electron chi connectivity index (χ0n) is 15.2. The highest BCUT2D eigenvalue weighted by Crippen LogP contribution is 2.41. The van der Waals surface area contributed by atoms with Gasteiger partial charge in [0, 0.05) is 39.9 Å². The van der Waals surface area contributed by atoms with Gasteiger partial charge in [0.25, 0.3) is 0 Å². The highest BCUT2D eigenvalue weighted by atomic mass is 16.5. The normalized spacial score (nSPS) is 22.5. The van der Waals surface area contributed by atoms with Crippen molar-refractivity contribution in [2.45, 2.75) is 25.3 Å². The molecule has 25 heavy (non-hydrogen) atoms. The van der Waals surface area contributed by atoms with Gasteiger partial charge in [0.05, 0.1) is 19.8 Å². The lowest BCUT2D eigenvalue weighted by Crippen LogP contribution is -2.59. The molecule has 0 saturated carbocycles. The number of piperidine rings is 1. The van der Waals surface area contributed by atoms with Gasteiger partial charge in [0.1, 0.15) is 12.1 Å². The van der Waals surface area contributed by atoms with E-state index in [0.29, 0.717) is 12.5 Å². The Morgan fingerprint density at radius 3 is 2.80 bits per heavy atom. The molecule has 0 aliphatic carbocycles. The molecule has 0 radical (unpaired) electrons. The van der Waals surface area contributed by atoms with Gasteiger partial charge in [-0.2, -0.15) is 0 Å². The van der Waals surface area contributed by atoms with Gasteiger partial charge in [-0.15, -0.1) is 0 Å². The van der Waals surface area contributed by atoms with Gasteiger partial charge in [-0.05, 0) is 24.7 Å². The molecule has 2 aliphatic rings. The average molecular weight is 349 g/mol. The summed E-state index contributed by atoms with van der Waals surface area (Å²) in [5, 5.41) is 3.15. The number of hydrogen-bond donors (Lipinski definition) is 1. The number of carbonyl (C=O) groups is 1. The molecule has 138 valence electrons. The van der Waals surface area contributed by atoms with E-state index >= 15 is 0 Å². The van der Waals surface area contributed by atoms with Gasteiger partial charge in [-0.25, -0.2) is 14.8 Å². The molecule has 1 N–H and O–H groups in total. The van der Waals surface area contributed by atoms with E-state index in [2.05, 4.69) is 20.2 Å². The molecule has 2 fully saturated rings. The van der Waals surface area contributed by atoms with Crippen molar-refractivity contribution < 1.29 is 14.3 Å². The van der Waals surface area contributed by atoms with Crippen LogP contribution in [0.2, 0.25) is 0 Å². The molecule has 1 aromatic heterocycles. The van der Waals surface area contributed by atoms with Gasteiger partial charge in [-0.3, -0.25) is 0 Å². The van der Waals surface area contributed by atoms with E-state index in [1.165, 1.54) is 6.33 Å². The van der Waals surface area contributed by atoms with Crippen LogP contribution in [0, 0.1) is 5.41 Å². The number of nitrogens with zero attached hydrogens (tertiary/aromatic N) is 4. The van der Waals surface area contributed by atoms with Gasteiger partial charge < -0.3 is 24.6 Å². The predicted octanol–water partition coefficient (Wildman–Crippen LogP) is 1.13. The monoisotopic (exact) mass is 349 g/mol. The van der Waals surface area contributed by atoms with Crippen LogP contribution < -0.4 is 15.0 Å². The largest absolute Gasteiger partial charge is 0.481 e. The van der Waals surface area contributed by atoms with E-state index in [-0.39, 0.29) is 17.5 Å². The summed E-state index contributed by atoms with van der Waals surface area (Å²) in [5.41, 5.74) is 0.0948. The van der Waals surface area contributed by atoms with Gasteiger partial charge >= 0.3 is 6.03 Å². The van der Waals surface area contributed by atoms with E-state index in [4.69, 9.17) is 9.47 Å². The fourth-order valence-electron chi connectivity index (χ4n) is 3.69. The summed E-state index contributed by atoms with van der Waals surface area (Å²) in [6.07, 6.45) is 4.52. The Morgan fingerprint density at radius 2 is 2.12 bits per heavy atom. The Labute approximate surface area is 148 Å². The van der Waals surface area contributed by atoms with Crippen LogP contribution in [0.1, 0.15) is 19.3 Å². The lowest BCUT2D eigenvalue weighted by Gasteiger charge is -2.49. The molecule has 2 amide bonds. The molecular weight excluding hydrogens is 322 g/mol. The predicted molar refractivity (Wildman–Crippen MR) is 93.9 cm³/mol. The maximum absolute atomic E-state index is 12.1. The lowest BCUT2D eigenvalue weighted by molar-refractivity contribution is -0.0279. The molecule has 1 spiro atoms. The van der Waals surface area contributed by atoms with Gasteiger partial charge in [0.2, 0.25) is 5.88 Å². The van der Waals surface area contributed by atoms with E-state index in [1.54, 1.807) is 26.1 Å². The second kappa shape index (κ2) is 7.43. The first kappa shape index (κ1) is 17.7. The minimum atomic E-state index is -0.0576. The minimum Gasteiger partial charge on any atom is -0.481 e. The molecule has 3 heterocycles. The van der Waals surface area contributed by atoms with Crippen LogP contribution in [0.15, 0.2) is 12.4 Å². The second-order valence-electron chi connectivity index (χ2n) is 6.99. The topological polar surface area (TPSA) is 79.8 Å². The number of nitrogens with one attached hydrogen (secondary N) is 1. The van der Waals surface area contributed by atoms with Crippen molar-refractivity contribution in [3.05, 3.63) is 12.4 Å². The highest BCUT2D eigenvalue weighted by Gasteiger charge is 2.44. The summed E-state index contributed by atoms with van der Waals surface area (Å²) >= 11 is 0. The number of carbonyl (C=O) groups excluding carboxylic acids is 1. The molecule has 0 bridgehead atoms. The molecule has 2 saturated heterocycles. The fraction of sp³-hybridized carbons (Fsp3) is 0.706. The smallest absolute Gasteiger partial charge is 0.317 e. The first-order chi connectivity index (χ1) is 12.0. The summed E-state index contributed by atoms with van der Waals surface area (Å²) in [7, 11) is 5.13. The van der Waals surface area contributed by atoms with Crippen molar-refractivity contribution in [2.24, 2.45) is 5.41 Å². The van der Waals surface area contributed by atoms with Crippen molar-refractivity contribution in [3.63, 3.8) is 0 Å². The molecule has 2 aliphatic heterocycles. The van der Waals surface area contributed by atoms with Crippen LogP contribution in [-0.4, -0.2) is 74.4 Å². The minimum absolute atomic E-state index is 0.0539. The Balaban J connectivity index is 1.68. The maximum Gasteiger partial charge on any atom is 0.317 e. The number of rotatable bonds is 3. The third-order valence-electron chi connectivity index (χ3n) is 5.39. The average Bonchev–Trinajstić information content (AvgIpc) is 2.64. The molecule has 1 atom stereocenters. The quantitative estimate of drug-likeness (QED) is 0.881. The van der Waals surface area contributed by atoms with E-state index in [9.17, 15) is 4.79 Å². The number of anilines is 1. The van der Waals surface area contributed by atoms with Gasteiger partial charge in [-0.1, -0.05) is 0 Å². The SMILES string of the molecule is COc1cc(N2CCC3(CCOC[C@H]3NC(=O)N(C)C)CC2)ncn1. The van der Waals surface area contributed by atoms with E-state index in [1.807, 2.05) is 6.07 Å². The molecular formula is C17H27N5O3. The molecule has 0 aromatic carbocycles. The maximum atomic E-state index is 12.1. The van der Waals surface area contributed by atoms with Crippen molar-refractivity contribution in [2.75, 3.05) is 52.4 Å².